The van der Waals surface area contributed by atoms with Gasteiger partial charge in [-0.1, -0.05) is 18.2 Å². The molecule has 1 atom stereocenters. The molecule has 0 aliphatic carbocycles. The Kier molecular flexibility index (Phi) is 4.22. The topological polar surface area (TPSA) is 70.9 Å². The van der Waals surface area contributed by atoms with Gasteiger partial charge in [-0.05, 0) is 31.4 Å². The average molecular weight is 259 g/mol. The highest BCUT2D eigenvalue weighted by Crippen LogP contribution is 2.21. The Hall–Kier alpha value is -1.81. The van der Waals surface area contributed by atoms with Gasteiger partial charge in [0.2, 0.25) is 5.91 Å². The largest absolute Gasteiger partial charge is 0.361 e. The van der Waals surface area contributed by atoms with Crippen molar-refractivity contribution >= 4 is 16.8 Å². The highest BCUT2D eigenvalue weighted by Gasteiger charge is 2.07. The molecule has 1 heterocycles. The van der Waals surface area contributed by atoms with Crippen LogP contribution in [-0.2, 0) is 11.2 Å². The van der Waals surface area contributed by atoms with E-state index in [1.807, 2.05) is 13.1 Å². The fourth-order valence-electron chi connectivity index (χ4n) is 2.27. The summed E-state index contributed by atoms with van der Waals surface area (Å²) in [6.45, 7) is 4.57. The molecule has 4 heteroatoms. The third-order valence-electron chi connectivity index (χ3n) is 3.23. The fourth-order valence-corrected chi connectivity index (χ4v) is 2.27. The molecule has 0 radical (unpaired) electrons. The van der Waals surface area contributed by atoms with Crippen molar-refractivity contribution < 1.29 is 4.79 Å². The quantitative estimate of drug-likeness (QED) is 0.767. The first-order chi connectivity index (χ1) is 9.08. The van der Waals surface area contributed by atoms with E-state index in [-0.39, 0.29) is 11.9 Å². The van der Waals surface area contributed by atoms with Gasteiger partial charge >= 0.3 is 0 Å². The zero-order valence-corrected chi connectivity index (χ0v) is 11.5. The molecular formula is C15H21N3O. The summed E-state index contributed by atoms with van der Waals surface area (Å²) in [6.07, 6.45) is 3.23. The lowest BCUT2D eigenvalue weighted by molar-refractivity contribution is -0.121. The molecule has 2 rings (SSSR count). The number of fused-ring (bicyclic) bond motifs is 1. The van der Waals surface area contributed by atoms with Crippen molar-refractivity contribution in [2.45, 2.75) is 32.7 Å². The zero-order valence-electron chi connectivity index (χ0n) is 11.5. The summed E-state index contributed by atoms with van der Waals surface area (Å²) in [6, 6.07) is 6.17. The normalized spacial score (nSPS) is 12.6. The van der Waals surface area contributed by atoms with Crippen molar-refractivity contribution in [3.8, 4) is 0 Å². The lowest BCUT2D eigenvalue weighted by Gasteiger charge is -2.06. The van der Waals surface area contributed by atoms with Gasteiger partial charge < -0.3 is 16.0 Å². The van der Waals surface area contributed by atoms with Gasteiger partial charge in [0.15, 0.2) is 0 Å². The Balaban J connectivity index is 1.95. The number of para-hydroxylation sites is 1. The maximum Gasteiger partial charge on any atom is 0.221 e. The van der Waals surface area contributed by atoms with Gasteiger partial charge in [0.25, 0.3) is 0 Å². The number of aromatic amines is 1. The molecule has 4 nitrogen and oxygen atoms in total. The van der Waals surface area contributed by atoms with Crippen molar-refractivity contribution in [1.29, 1.82) is 0 Å². The molecule has 0 bridgehead atoms. The number of rotatable bonds is 5. The molecule has 1 aromatic carbocycles. The summed E-state index contributed by atoms with van der Waals surface area (Å²) in [4.78, 5) is 14.8. The molecule has 2 aromatic rings. The van der Waals surface area contributed by atoms with Crippen molar-refractivity contribution in [3.05, 3.63) is 35.5 Å². The molecule has 1 amide bonds. The standard InChI is InChI=1S/C15H21N3O/c1-10-4-3-5-13-12(9-18-15(10)13)6-7-17-14(19)8-11(2)16/h3-5,9,11,18H,6-8,16H2,1-2H3,(H,17,19). The molecule has 1 aromatic heterocycles. The van der Waals surface area contributed by atoms with E-state index in [0.717, 1.165) is 6.42 Å². The Labute approximate surface area is 113 Å². The number of carbonyl (C=O) groups is 1. The molecule has 4 N–H and O–H groups in total. The van der Waals surface area contributed by atoms with Crippen LogP contribution in [0.1, 0.15) is 24.5 Å². The van der Waals surface area contributed by atoms with Crippen LogP contribution in [0.25, 0.3) is 10.9 Å². The number of carbonyl (C=O) groups excluding carboxylic acids is 1. The van der Waals surface area contributed by atoms with E-state index in [2.05, 4.69) is 35.4 Å². The van der Waals surface area contributed by atoms with Gasteiger partial charge in [0.05, 0.1) is 0 Å². The Bertz CT molecular complexity index is 572. The summed E-state index contributed by atoms with van der Waals surface area (Å²) >= 11 is 0. The zero-order chi connectivity index (χ0) is 13.8. The second-order valence-electron chi connectivity index (χ2n) is 5.09. The van der Waals surface area contributed by atoms with Crippen LogP contribution in [0.2, 0.25) is 0 Å². The number of amides is 1. The summed E-state index contributed by atoms with van der Waals surface area (Å²) in [7, 11) is 0. The monoisotopic (exact) mass is 259 g/mol. The van der Waals surface area contributed by atoms with E-state index >= 15 is 0 Å². The van der Waals surface area contributed by atoms with Crippen molar-refractivity contribution in [2.75, 3.05) is 6.54 Å². The number of nitrogens with two attached hydrogens (primary N) is 1. The van der Waals surface area contributed by atoms with E-state index in [4.69, 9.17) is 5.73 Å². The van der Waals surface area contributed by atoms with Crippen LogP contribution >= 0.6 is 0 Å². The van der Waals surface area contributed by atoms with E-state index in [1.165, 1.54) is 22.0 Å². The predicted molar refractivity (Wildman–Crippen MR) is 78.0 cm³/mol. The molecule has 0 aliphatic heterocycles. The molecular weight excluding hydrogens is 238 g/mol. The molecule has 0 fully saturated rings. The summed E-state index contributed by atoms with van der Waals surface area (Å²) in [5, 5.41) is 4.14. The average Bonchev–Trinajstić information content (AvgIpc) is 2.73. The van der Waals surface area contributed by atoms with Crippen LogP contribution in [0.5, 0.6) is 0 Å². The van der Waals surface area contributed by atoms with Gasteiger partial charge in [0, 0.05) is 36.1 Å². The first kappa shape index (κ1) is 13.6. The third-order valence-corrected chi connectivity index (χ3v) is 3.23. The molecule has 1 unspecified atom stereocenters. The van der Waals surface area contributed by atoms with Crippen LogP contribution in [0, 0.1) is 6.92 Å². The van der Waals surface area contributed by atoms with Gasteiger partial charge in [-0.15, -0.1) is 0 Å². The highest BCUT2D eigenvalue weighted by atomic mass is 16.1. The van der Waals surface area contributed by atoms with E-state index < -0.39 is 0 Å². The van der Waals surface area contributed by atoms with Crippen LogP contribution in [-0.4, -0.2) is 23.5 Å². The van der Waals surface area contributed by atoms with Crippen LogP contribution in [0.3, 0.4) is 0 Å². The first-order valence-corrected chi connectivity index (χ1v) is 6.66. The first-order valence-electron chi connectivity index (χ1n) is 6.66. The van der Waals surface area contributed by atoms with Gasteiger partial charge in [0.1, 0.15) is 0 Å². The maximum absolute atomic E-state index is 11.5. The maximum atomic E-state index is 11.5. The Morgan fingerprint density at radius 1 is 1.47 bits per heavy atom. The van der Waals surface area contributed by atoms with Crippen molar-refractivity contribution in [3.63, 3.8) is 0 Å². The number of nitrogens with one attached hydrogen (secondary N) is 2. The summed E-state index contributed by atoms with van der Waals surface area (Å²) in [5.41, 5.74) is 9.24. The lowest BCUT2D eigenvalue weighted by Crippen LogP contribution is -2.31. The minimum Gasteiger partial charge on any atom is -0.361 e. The van der Waals surface area contributed by atoms with E-state index in [9.17, 15) is 4.79 Å². The molecule has 19 heavy (non-hydrogen) atoms. The van der Waals surface area contributed by atoms with E-state index in [0.29, 0.717) is 13.0 Å². The molecule has 102 valence electrons. The SMILES string of the molecule is Cc1cccc2c(CCNC(=O)CC(C)N)c[nH]c12. The predicted octanol–water partition coefficient (Wildman–Crippen LogP) is 1.87. The number of hydrogen-bond donors (Lipinski definition) is 3. The number of hydrogen-bond acceptors (Lipinski definition) is 2. The van der Waals surface area contributed by atoms with Crippen molar-refractivity contribution in [1.82, 2.24) is 10.3 Å². The Morgan fingerprint density at radius 2 is 2.26 bits per heavy atom. The fraction of sp³-hybridized carbons (Fsp3) is 0.400. The van der Waals surface area contributed by atoms with Gasteiger partial charge in [-0.3, -0.25) is 4.79 Å². The minimum atomic E-state index is -0.0873. The van der Waals surface area contributed by atoms with Crippen LogP contribution in [0.4, 0.5) is 0 Å². The molecule has 0 saturated heterocycles. The Morgan fingerprint density at radius 3 is 3.00 bits per heavy atom. The van der Waals surface area contributed by atoms with Crippen LogP contribution in [0.15, 0.2) is 24.4 Å². The second-order valence-corrected chi connectivity index (χ2v) is 5.09. The third kappa shape index (κ3) is 3.35. The number of aromatic nitrogens is 1. The number of benzene rings is 1. The molecule has 0 saturated carbocycles. The minimum absolute atomic E-state index is 0.0195. The summed E-state index contributed by atoms with van der Waals surface area (Å²) < 4.78 is 0. The number of H-pyrrole nitrogens is 1. The second kappa shape index (κ2) is 5.89. The molecule has 0 spiro atoms. The molecule has 0 aliphatic rings. The van der Waals surface area contributed by atoms with Gasteiger partial charge in [-0.25, -0.2) is 0 Å². The summed E-state index contributed by atoms with van der Waals surface area (Å²) in [5.74, 6) is 0.0195. The van der Waals surface area contributed by atoms with Crippen LogP contribution < -0.4 is 11.1 Å². The smallest absolute Gasteiger partial charge is 0.221 e. The van der Waals surface area contributed by atoms with Gasteiger partial charge in [-0.2, -0.15) is 0 Å². The van der Waals surface area contributed by atoms with Crippen molar-refractivity contribution in [2.24, 2.45) is 5.73 Å². The highest BCUT2D eigenvalue weighted by molar-refractivity contribution is 5.86. The van der Waals surface area contributed by atoms with E-state index in [1.54, 1.807) is 0 Å². The lowest BCUT2D eigenvalue weighted by atomic mass is 10.1. The number of aryl methyl sites for hydroxylation is 1.